The molecule has 1 saturated carbocycles. The predicted octanol–water partition coefficient (Wildman–Crippen LogP) is 2.72. The zero-order valence-corrected chi connectivity index (χ0v) is 13.6. The molecule has 0 amide bonds. The first-order valence-corrected chi connectivity index (χ1v) is 7.87. The first-order chi connectivity index (χ1) is 10.6. The van der Waals surface area contributed by atoms with Crippen LogP contribution in [0.3, 0.4) is 0 Å². The molecule has 1 aromatic heterocycles. The monoisotopic (exact) mass is 296 g/mol. The minimum Gasteiger partial charge on any atom is -0.347 e. The van der Waals surface area contributed by atoms with Gasteiger partial charge >= 0.3 is 0 Å². The average Bonchev–Trinajstić information content (AvgIpc) is 3.26. The van der Waals surface area contributed by atoms with E-state index >= 15 is 0 Å². The first kappa shape index (κ1) is 15.0. The van der Waals surface area contributed by atoms with Gasteiger partial charge < -0.3 is 10.2 Å². The molecule has 0 saturated heterocycles. The summed E-state index contributed by atoms with van der Waals surface area (Å²) in [5.41, 5.74) is 3.75. The highest BCUT2D eigenvalue weighted by molar-refractivity contribution is 5.30. The number of hydrogen-bond acceptors (Lipinski definition) is 4. The molecular weight excluding hydrogens is 272 g/mol. The Balaban J connectivity index is 1.65. The number of hydrogen-bond donors (Lipinski definition) is 1. The molecular formula is C18H24N4. The number of nitrogens with one attached hydrogen (secondary N) is 1. The summed E-state index contributed by atoms with van der Waals surface area (Å²) in [6, 6.07) is 12.8. The molecule has 4 nitrogen and oxygen atoms in total. The van der Waals surface area contributed by atoms with Gasteiger partial charge in [0.2, 0.25) is 5.95 Å². The van der Waals surface area contributed by atoms with Crippen molar-refractivity contribution < 1.29 is 0 Å². The van der Waals surface area contributed by atoms with E-state index in [1.807, 2.05) is 25.9 Å². The van der Waals surface area contributed by atoms with Crippen LogP contribution < -0.4 is 10.2 Å². The molecule has 116 valence electrons. The van der Waals surface area contributed by atoms with Crippen LogP contribution in [0.4, 0.5) is 5.95 Å². The Bertz CT molecular complexity index is 633. The van der Waals surface area contributed by atoms with Crippen molar-refractivity contribution in [1.29, 1.82) is 0 Å². The summed E-state index contributed by atoms with van der Waals surface area (Å²) in [5.74, 6) is 0.782. The lowest BCUT2D eigenvalue weighted by molar-refractivity contribution is 0.488. The summed E-state index contributed by atoms with van der Waals surface area (Å²) < 4.78 is 0. The SMILES string of the molecule is Cc1cc(CNC2(Cc3ccccc3)CC2)nc(N(C)C)n1. The Labute approximate surface area is 132 Å². The van der Waals surface area contributed by atoms with Crippen molar-refractivity contribution in [2.24, 2.45) is 0 Å². The standard InChI is InChI=1S/C18H24N4/c1-14-11-16(21-17(20-14)22(2)3)13-19-18(9-10-18)12-15-7-5-4-6-8-15/h4-8,11,19H,9-10,12-13H2,1-3H3. The van der Waals surface area contributed by atoms with Gasteiger partial charge in [-0.05, 0) is 37.8 Å². The van der Waals surface area contributed by atoms with Crippen molar-refractivity contribution >= 4 is 5.95 Å². The van der Waals surface area contributed by atoms with E-state index in [0.717, 1.165) is 30.3 Å². The Hall–Kier alpha value is -1.94. The molecule has 0 bridgehead atoms. The van der Waals surface area contributed by atoms with Crippen LogP contribution in [0.5, 0.6) is 0 Å². The molecule has 1 N–H and O–H groups in total. The summed E-state index contributed by atoms with van der Waals surface area (Å²) in [6.45, 7) is 2.83. The van der Waals surface area contributed by atoms with Crippen molar-refractivity contribution in [3.05, 3.63) is 53.3 Å². The fraction of sp³-hybridized carbons (Fsp3) is 0.444. The summed E-state index contributed by atoms with van der Waals surface area (Å²) in [7, 11) is 3.95. The molecule has 1 aliphatic rings. The highest BCUT2D eigenvalue weighted by Gasteiger charge is 2.41. The van der Waals surface area contributed by atoms with E-state index < -0.39 is 0 Å². The van der Waals surface area contributed by atoms with E-state index in [0.29, 0.717) is 0 Å². The minimum atomic E-state index is 0.262. The molecule has 22 heavy (non-hydrogen) atoms. The normalized spacial score (nSPS) is 15.6. The second-order valence-electron chi connectivity index (χ2n) is 6.49. The van der Waals surface area contributed by atoms with E-state index in [1.54, 1.807) is 0 Å². The smallest absolute Gasteiger partial charge is 0.225 e. The second kappa shape index (κ2) is 6.05. The van der Waals surface area contributed by atoms with Crippen LogP contribution in [0.1, 0.15) is 29.8 Å². The van der Waals surface area contributed by atoms with Crippen LogP contribution in [-0.2, 0) is 13.0 Å². The summed E-state index contributed by atoms with van der Waals surface area (Å²) in [6.07, 6.45) is 3.58. The quantitative estimate of drug-likeness (QED) is 0.890. The maximum Gasteiger partial charge on any atom is 0.225 e. The lowest BCUT2D eigenvalue weighted by Crippen LogP contribution is -2.33. The summed E-state index contributed by atoms with van der Waals surface area (Å²) >= 11 is 0. The molecule has 0 unspecified atom stereocenters. The zero-order chi connectivity index (χ0) is 15.6. The average molecular weight is 296 g/mol. The molecule has 0 atom stereocenters. The highest BCUT2D eigenvalue weighted by atomic mass is 15.2. The predicted molar refractivity (Wildman–Crippen MR) is 90.0 cm³/mol. The molecule has 0 radical (unpaired) electrons. The van der Waals surface area contributed by atoms with Crippen LogP contribution in [0.25, 0.3) is 0 Å². The zero-order valence-electron chi connectivity index (χ0n) is 13.6. The van der Waals surface area contributed by atoms with E-state index in [1.165, 1.54) is 18.4 Å². The van der Waals surface area contributed by atoms with Crippen LogP contribution in [0.2, 0.25) is 0 Å². The van der Waals surface area contributed by atoms with Gasteiger partial charge in [0.1, 0.15) is 0 Å². The second-order valence-corrected chi connectivity index (χ2v) is 6.49. The lowest BCUT2D eigenvalue weighted by atomic mass is 10.0. The van der Waals surface area contributed by atoms with E-state index in [4.69, 9.17) is 0 Å². The van der Waals surface area contributed by atoms with Gasteiger partial charge in [0.25, 0.3) is 0 Å². The molecule has 0 spiro atoms. The number of benzene rings is 1. The van der Waals surface area contributed by atoms with E-state index in [-0.39, 0.29) is 5.54 Å². The van der Waals surface area contributed by atoms with Gasteiger partial charge in [-0.2, -0.15) is 0 Å². The molecule has 1 fully saturated rings. The summed E-state index contributed by atoms with van der Waals surface area (Å²) in [5, 5.41) is 3.72. The van der Waals surface area contributed by atoms with E-state index in [2.05, 4.69) is 51.7 Å². The van der Waals surface area contributed by atoms with Crippen molar-refractivity contribution in [3.63, 3.8) is 0 Å². The molecule has 1 aromatic carbocycles. The van der Waals surface area contributed by atoms with Crippen LogP contribution in [-0.4, -0.2) is 29.6 Å². The highest BCUT2D eigenvalue weighted by Crippen LogP contribution is 2.38. The Morgan fingerprint density at radius 3 is 2.50 bits per heavy atom. The van der Waals surface area contributed by atoms with Crippen molar-refractivity contribution in [2.75, 3.05) is 19.0 Å². The maximum atomic E-state index is 4.62. The van der Waals surface area contributed by atoms with Gasteiger partial charge in [-0.3, -0.25) is 0 Å². The molecule has 1 aliphatic carbocycles. The fourth-order valence-electron chi connectivity index (χ4n) is 2.74. The van der Waals surface area contributed by atoms with Crippen molar-refractivity contribution in [3.8, 4) is 0 Å². The Kier molecular flexibility index (Phi) is 4.12. The summed E-state index contributed by atoms with van der Waals surface area (Å²) in [4.78, 5) is 11.0. The van der Waals surface area contributed by atoms with Crippen LogP contribution in [0, 0.1) is 6.92 Å². The molecule has 2 aromatic rings. The van der Waals surface area contributed by atoms with E-state index in [9.17, 15) is 0 Å². The van der Waals surface area contributed by atoms with Crippen LogP contribution in [0.15, 0.2) is 36.4 Å². The number of rotatable bonds is 6. The van der Waals surface area contributed by atoms with Gasteiger partial charge in [-0.1, -0.05) is 30.3 Å². The minimum absolute atomic E-state index is 0.262. The van der Waals surface area contributed by atoms with Gasteiger partial charge in [0.05, 0.1) is 5.69 Å². The van der Waals surface area contributed by atoms with Crippen molar-refractivity contribution in [1.82, 2.24) is 15.3 Å². The third-order valence-corrected chi connectivity index (χ3v) is 4.18. The van der Waals surface area contributed by atoms with Gasteiger partial charge in [0, 0.05) is 31.9 Å². The number of nitrogens with zero attached hydrogens (tertiary/aromatic N) is 3. The fourth-order valence-corrected chi connectivity index (χ4v) is 2.74. The first-order valence-electron chi connectivity index (χ1n) is 7.87. The number of anilines is 1. The topological polar surface area (TPSA) is 41.1 Å². The van der Waals surface area contributed by atoms with Crippen molar-refractivity contribution in [2.45, 2.75) is 38.3 Å². The largest absolute Gasteiger partial charge is 0.347 e. The molecule has 3 rings (SSSR count). The van der Waals surface area contributed by atoms with Crippen LogP contribution >= 0.6 is 0 Å². The number of aromatic nitrogens is 2. The third kappa shape index (κ3) is 3.63. The van der Waals surface area contributed by atoms with Gasteiger partial charge in [-0.25, -0.2) is 9.97 Å². The third-order valence-electron chi connectivity index (χ3n) is 4.18. The molecule has 4 heteroatoms. The molecule has 1 heterocycles. The molecule has 0 aliphatic heterocycles. The lowest BCUT2D eigenvalue weighted by Gasteiger charge is -2.18. The Morgan fingerprint density at radius 2 is 1.86 bits per heavy atom. The Morgan fingerprint density at radius 1 is 1.14 bits per heavy atom. The van der Waals surface area contributed by atoms with Gasteiger partial charge in [0.15, 0.2) is 0 Å². The number of aryl methyl sites for hydroxylation is 1. The van der Waals surface area contributed by atoms with Gasteiger partial charge in [-0.15, -0.1) is 0 Å². The maximum absolute atomic E-state index is 4.62.